The Morgan fingerprint density at radius 1 is 1.00 bits per heavy atom. The number of benzene rings is 2. The first kappa shape index (κ1) is 25.2. The molecule has 1 atom stereocenters. The number of hydrogen-bond donors (Lipinski definition) is 2. The zero-order valence-corrected chi connectivity index (χ0v) is 19.8. The molecule has 2 aromatic rings. The molecule has 0 radical (unpaired) electrons. The maximum Gasteiger partial charge on any atom is 0.355 e. The molecule has 9 nitrogen and oxygen atoms in total. The van der Waals surface area contributed by atoms with Crippen molar-refractivity contribution in [3.05, 3.63) is 69.2 Å². The molecule has 0 aliphatic carbocycles. The van der Waals surface area contributed by atoms with E-state index in [0.29, 0.717) is 10.1 Å². The van der Waals surface area contributed by atoms with Crippen LogP contribution in [0.3, 0.4) is 0 Å². The summed E-state index contributed by atoms with van der Waals surface area (Å²) in [5.74, 6) is -3.88. The number of imide groups is 1. The Bertz CT molecular complexity index is 1130. The van der Waals surface area contributed by atoms with Gasteiger partial charge in [-0.1, -0.05) is 54.2 Å². The molecule has 1 heterocycles. The first-order valence-corrected chi connectivity index (χ1v) is 11.1. The molecule has 0 saturated heterocycles. The number of fused-ring (bicyclic) bond motifs is 1. The number of halogens is 2. The van der Waals surface area contributed by atoms with Crippen molar-refractivity contribution in [3.63, 3.8) is 0 Å². The van der Waals surface area contributed by atoms with Crippen molar-refractivity contribution in [2.24, 2.45) is 5.92 Å². The number of hydrogen-bond acceptors (Lipinski definition) is 6. The molecule has 178 valence electrons. The molecule has 0 unspecified atom stereocenters. The number of nitrogens with zero attached hydrogens (tertiary/aromatic N) is 1. The van der Waals surface area contributed by atoms with Crippen LogP contribution in [-0.2, 0) is 14.4 Å². The van der Waals surface area contributed by atoms with Gasteiger partial charge in [0.2, 0.25) is 5.91 Å². The Hall–Kier alpha value is -3.43. The summed E-state index contributed by atoms with van der Waals surface area (Å²) in [6, 6.07) is 9.24. The van der Waals surface area contributed by atoms with E-state index in [9.17, 15) is 24.0 Å². The highest BCUT2D eigenvalue weighted by Crippen LogP contribution is 2.23. The zero-order chi connectivity index (χ0) is 25.0. The second kappa shape index (κ2) is 10.7. The van der Waals surface area contributed by atoms with Crippen LogP contribution in [0.1, 0.15) is 51.3 Å². The van der Waals surface area contributed by atoms with Gasteiger partial charge in [0, 0.05) is 5.02 Å². The summed E-state index contributed by atoms with van der Waals surface area (Å²) in [7, 11) is 0. The van der Waals surface area contributed by atoms with Gasteiger partial charge in [-0.3, -0.25) is 19.2 Å². The molecule has 0 saturated carbocycles. The monoisotopic (exact) mass is 505 g/mol. The van der Waals surface area contributed by atoms with E-state index in [0.717, 1.165) is 0 Å². The van der Waals surface area contributed by atoms with Gasteiger partial charge >= 0.3 is 5.97 Å². The summed E-state index contributed by atoms with van der Waals surface area (Å²) in [6.07, 6.45) is 0.168. The third kappa shape index (κ3) is 5.73. The molecule has 2 aromatic carbocycles. The van der Waals surface area contributed by atoms with Crippen molar-refractivity contribution < 1.29 is 28.8 Å². The lowest BCUT2D eigenvalue weighted by molar-refractivity contribution is -0.172. The van der Waals surface area contributed by atoms with Gasteiger partial charge in [-0.2, -0.15) is 0 Å². The van der Waals surface area contributed by atoms with Crippen LogP contribution in [0.15, 0.2) is 42.5 Å². The average Bonchev–Trinajstić information content (AvgIpc) is 3.03. The standard InChI is InChI=1S/C23H21Cl2N3O6/c1-12(2)9-18(23(33)34-28-21(31)14-5-3-4-6-15(14)22(28)32)27-19(29)11-26-20(30)16-10-13(24)7-8-17(16)25/h3-8,10,12,18H,9,11H2,1-2H3,(H,26,30)(H,27,29)/t18-/m0/s1. The molecular formula is C23H21Cl2N3O6. The van der Waals surface area contributed by atoms with Gasteiger partial charge in [0.15, 0.2) is 0 Å². The average molecular weight is 506 g/mol. The highest BCUT2D eigenvalue weighted by Gasteiger charge is 2.40. The molecule has 0 bridgehead atoms. The van der Waals surface area contributed by atoms with Crippen molar-refractivity contribution in [1.29, 1.82) is 0 Å². The maximum atomic E-state index is 12.8. The number of amides is 4. The molecule has 2 N–H and O–H groups in total. The van der Waals surface area contributed by atoms with Gasteiger partial charge in [0.05, 0.1) is 28.3 Å². The van der Waals surface area contributed by atoms with Crippen LogP contribution < -0.4 is 10.6 Å². The second-order valence-electron chi connectivity index (χ2n) is 7.92. The summed E-state index contributed by atoms with van der Waals surface area (Å²) < 4.78 is 0. The molecule has 1 aliphatic rings. The van der Waals surface area contributed by atoms with Crippen molar-refractivity contribution in [3.8, 4) is 0 Å². The zero-order valence-electron chi connectivity index (χ0n) is 18.3. The van der Waals surface area contributed by atoms with Crippen LogP contribution in [0.4, 0.5) is 0 Å². The largest absolute Gasteiger partial charge is 0.355 e. The Morgan fingerprint density at radius 2 is 1.62 bits per heavy atom. The molecule has 0 spiro atoms. The Kier molecular flexibility index (Phi) is 7.90. The molecule has 1 aliphatic heterocycles. The highest BCUT2D eigenvalue weighted by atomic mass is 35.5. The lowest BCUT2D eigenvalue weighted by atomic mass is 10.0. The van der Waals surface area contributed by atoms with E-state index < -0.39 is 42.2 Å². The van der Waals surface area contributed by atoms with E-state index >= 15 is 0 Å². The van der Waals surface area contributed by atoms with Gasteiger partial charge in [-0.15, -0.1) is 0 Å². The summed E-state index contributed by atoms with van der Waals surface area (Å²) in [6.45, 7) is 3.17. The Morgan fingerprint density at radius 3 is 2.21 bits per heavy atom. The minimum absolute atomic E-state index is 0.0418. The van der Waals surface area contributed by atoms with Gasteiger partial charge in [-0.05, 0) is 42.7 Å². The Labute approximate surface area is 205 Å². The minimum Gasteiger partial charge on any atom is -0.343 e. The van der Waals surface area contributed by atoms with Crippen LogP contribution in [0.2, 0.25) is 10.0 Å². The third-order valence-electron chi connectivity index (χ3n) is 4.85. The molecular weight excluding hydrogens is 485 g/mol. The van der Waals surface area contributed by atoms with E-state index in [4.69, 9.17) is 28.0 Å². The summed E-state index contributed by atoms with van der Waals surface area (Å²) in [5, 5.41) is 5.71. The van der Waals surface area contributed by atoms with Gasteiger partial charge < -0.3 is 15.5 Å². The van der Waals surface area contributed by atoms with Crippen molar-refractivity contribution in [2.45, 2.75) is 26.3 Å². The molecule has 3 rings (SSSR count). The highest BCUT2D eigenvalue weighted by molar-refractivity contribution is 6.35. The molecule has 11 heteroatoms. The van der Waals surface area contributed by atoms with Crippen LogP contribution >= 0.6 is 23.2 Å². The molecule has 0 fully saturated rings. The van der Waals surface area contributed by atoms with Gasteiger partial charge in [-0.25, -0.2) is 4.79 Å². The van der Waals surface area contributed by atoms with Crippen molar-refractivity contribution in [2.75, 3.05) is 6.54 Å². The number of nitrogens with one attached hydrogen (secondary N) is 2. The second-order valence-corrected chi connectivity index (χ2v) is 8.76. The third-order valence-corrected chi connectivity index (χ3v) is 5.41. The minimum atomic E-state index is -1.16. The topological polar surface area (TPSA) is 122 Å². The normalized spacial score (nSPS) is 13.5. The summed E-state index contributed by atoms with van der Waals surface area (Å²) in [4.78, 5) is 67.5. The predicted octanol–water partition coefficient (Wildman–Crippen LogP) is 3.01. The fraction of sp³-hybridized carbons (Fsp3) is 0.261. The van der Waals surface area contributed by atoms with E-state index in [2.05, 4.69) is 10.6 Å². The summed E-state index contributed by atoms with van der Waals surface area (Å²) in [5.41, 5.74) is 0.324. The smallest absolute Gasteiger partial charge is 0.343 e. The van der Waals surface area contributed by atoms with E-state index in [1.807, 2.05) is 13.8 Å². The number of hydroxylamine groups is 2. The predicted molar refractivity (Wildman–Crippen MR) is 123 cm³/mol. The van der Waals surface area contributed by atoms with Crippen LogP contribution in [0, 0.1) is 5.92 Å². The van der Waals surface area contributed by atoms with E-state index in [-0.39, 0.29) is 34.1 Å². The fourth-order valence-corrected chi connectivity index (χ4v) is 3.64. The SMILES string of the molecule is CC(C)C[C@H](NC(=O)CNC(=O)c1cc(Cl)ccc1Cl)C(=O)ON1C(=O)c2ccccc2C1=O. The first-order valence-electron chi connectivity index (χ1n) is 10.3. The first-order chi connectivity index (χ1) is 16.1. The Balaban J connectivity index is 1.63. The summed E-state index contributed by atoms with van der Waals surface area (Å²) >= 11 is 11.9. The van der Waals surface area contributed by atoms with Crippen LogP contribution in [0.25, 0.3) is 0 Å². The van der Waals surface area contributed by atoms with E-state index in [1.54, 1.807) is 12.1 Å². The van der Waals surface area contributed by atoms with Crippen LogP contribution in [0.5, 0.6) is 0 Å². The lowest BCUT2D eigenvalue weighted by Crippen LogP contribution is -2.48. The molecule has 4 amide bonds. The lowest BCUT2D eigenvalue weighted by Gasteiger charge is -2.21. The number of carbonyl (C=O) groups excluding carboxylic acids is 5. The fourth-order valence-electron chi connectivity index (χ4n) is 3.26. The van der Waals surface area contributed by atoms with Crippen molar-refractivity contribution >= 4 is 52.8 Å². The quantitative estimate of drug-likeness (QED) is 0.531. The molecule has 34 heavy (non-hydrogen) atoms. The van der Waals surface area contributed by atoms with E-state index in [1.165, 1.54) is 30.3 Å². The van der Waals surface area contributed by atoms with Crippen molar-refractivity contribution in [1.82, 2.24) is 15.7 Å². The van der Waals surface area contributed by atoms with Crippen LogP contribution in [-0.4, -0.2) is 47.2 Å². The molecule has 0 aromatic heterocycles. The number of rotatable bonds is 8. The van der Waals surface area contributed by atoms with Gasteiger partial charge in [0.1, 0.15) is 6.04 Å². The number of carbonyl (C=O) groups is 5. The maximum absolute atomic E-state index is 12.8. The van der Waals surface area contributed by atoms with Gasteiger partial charge in [0.25, 0.3) is 17.7 Å².